The number of nitrogens with two attached hydrogens (primary N) is 1. The summed E-state index contributed by atoms with van der Waals surface area (Å²) >= 11 is 3.40. The number of halogens is 2. The van der Waals surface area contributed by atoms with Crippen LogP contribution in [0, 0.1) is 5.82 Å². The van der Waals surface area contributed by atoms with E-state index in [4.69, 9.17) is 10.5 Å². The monoisotopic (exact) mass is 389 g/mol. The summed E-state index contributed by atoms with van der Waals surface area (Å²) in [6, 6.07) is 13.3. The summed E-state index contributed by atoms with van der Waals surface area (Å²) in [5.74, 6) is 1.06. The van der Waals surface area contributed by atoms with Gasteiger partial charge in [0.1, 0.15) is 18.2 Å². The van der Waals surface area contributed by atoms with E-state index in [0.29, 0.717) is 17.3 Å². The first-order valence-corrected chi connectivity index (χ1v) is 7.80. The second-order valence-corrected chi connectivity index (χ2v) is 5.64. The van der Waals surface area contributed by atoms with E-state index in [0.717, 1.165) is 4.47 Å². The van der Waals surface area contributed by atoms with Crippen LogP contribution in [0.4, 0.5) is 22.0 Å². The fourth-order valence-electron chi connectivity index (χ4n) is 1.92. The smallest absolute Gasteiger partial charge is 0.232 e. The normalized spacial score (nSPS) is 10.4. The molecule has 8 heteroatoms. The van der Waals surface area contributed by atoms with E-state index in [1.165, 1.54) is 12.1 Å². The summed E-state index contributed by atoms with van der Waals surface area (Å²) in [7, 11) is 0. The Morgan fingerprint density at radius 2 is 1.79 bits per heavy atom. The number of anilines is 3. The van der Waals surface area contributed by atoms with E-state index in [-0.39, 0.29) is 24.3 Å². The number of rotatable bonds is 5. The van der Waals surface area contributed by atoms with Crippen LogP contribution in [0.15, 0.2) is 53.0 Å². The summed E-state index contributed by atoms with van der Waals surface area (Å²) in [5, 5.41) is 2.95. The molecule has 0 aliphatic heterocycles. The second-order valence-electron chi connectivity index (χ2n) is 4.78. The molecule has 3 aromatic rings. The van der Waals surface area contributed by atoms with Crippen LogP contribution in [-0.4, -0.2) is 15.0 Å². The molecule has 0 aliphatic rings. The minimum Gasteiger partial charge on any atom is -0.484 e. The van der Waals surface area contributed by atoms with Crippen LogP contribution in [0.1, 0.15) is 5.82 Å². The molecular formula is C16H13BrFN5O. The Hall–Kier alpha value is -2.74. The van der Waals surface area contributed by atoms with E-state index in [1.54, 1.807) is 12.1 Å². The SMILES string of the molecule is Nc1nc(COc2ccccc2Br)nc(Nc2ccc(F)cc2)n1. The van der Waals surface area contributed by atoms with Crippen LogP contribution in [0.2, 0.25) is 0 Å². The van der Waals surface area contributed by atoms with Crippen LogP contribution >= 0.6 is 15.9 Å². The Morgan fingerprint density at radius 3 is 2.54 bits per heavy atom. The van der Waals surface area contributed by atoms with Gasteiger partial charge >= 0.3 is 0 Å². The zero-order valence-electron chi connectivity index (χ0n) is 12.4. The molecule has 2 aromatic carbocycles. The van der Waals surface area contributed by atoms with Gasteiger partial charge in [0.2, 0.25) is 11.9 Å². The lowest BCUT2D eigenvalue weighted by Crippen LogP contribution is -2.09. The number of nitrogens with one attached hydrogen (secondary N) is 1. The lowest BCUT2D eigenvalue weighted by molar-refractivity contribution is 0.294. The summed E-state index contributed by atoms with van der Waals surface area (Å²) < 4.78 is 19.4. The molecule has 0 amide bonds. The number of nitrogen functional groups attached to an aromatic ring is 1. The highest BCUT2D eigenvalue weighted by molar-refractivity contribution is 9.10. The third-order valence-electron chi connectivity index (χ3n) is 2.99. The van der Waals surface area contributed by atoms with Crippen molar-refractivity contribution in [1.29, 1.82) is 0 Å². The maximum absolute atomic E-state index is 12.9. The average molecular weight is 390 g/mol. The van der Waals surface area contributed by atoms with Gasteiger partial charge in [-0.3, -0.25) is 0 Å². The number of nitrogens with zero attached hydrogens (tertiary/aromatic N) is 3. The Morgan fingerprint density at radius 1 is 1.04 bits per heavy atom. The molecule has 1 heterocycles. The van der Waals surface area contributed by atoms with Crippen LogP contribution in [0.25, 0.3) is 0 Å². The summed E-state index contributed by atoms with van der Waals surface area (Å²) in [5.41, 5.74) is 6.35. The molecule has 24 heavy (non-hydrogen) atoms. The first-order chi connectivity index (χ1) is 11.6. The van der Waals surface area contributed by atoms with Gasteiger partial charge in [0, 0.05) is 5.69 Å². The highest BCUT2D eigenvalue weighted by Crippen LogP contribution is 2.24. The maximum atomic E-state index is 12.9. The standard InChI is InChI=1S/C16H13BrFN5O/c17-12-3-1-2-4-13(12)24-9-14-21-15(19)23-16(22-14)20-11-7-5-10(18)6-8-11/h1-8H,9H2,(H3,19,20,21,22,23). The molecule has 0 spiro atoms. The summed E-state index contributed by atoms with van der Waals surface area (Å²) in [6.07, 6.45) is 0. The van der Waals surface area contributed by atoms with Crippen molar-refractivity contribution in [2.75, 3.05) is 11.1 Å². The highest BCUT2D eigenvalue weighted by atomic mass is 79.9. The summed E-state index contributed by atoms with van der Waals surface area (Å²) in [6.45, 7) is 0.132. The fourth-order valence-corrected chi connectivity index (χ4v) is 2.32. The molecule has 6 nitrogen and oxygen atoms in total. The average Bonchev–Trinajstić information content (AvgIpc) is 2.56. The molecule has 3 rings (SSSR count). The third kappa shape index (κ3) is 4.17. The fraction of sp³-hybridized carbons (Fsp3) is 0.0625. The largest absolute Gasteiger partial charge is 0.484 e. The predicted octanol–water partition coefficient (Wildman–Crippen LogP) is 3.68. The molecule has 0 saturated heterocycles. The first-order valence-electron chi connectivity index (χ1n) is 7.00. The van der Waals surface area contributed by atoms with E-state index < -0.39 is 0 Å². The molecule has 0 atom stereocenters. The minimum absolute atomic E-state index is 0.0698. The minimum atomic E-state index is -0.321. The van der Waals surface area contributed by atoms with Crippen molar-refractivity contribution < 1.29 is 9.13 Å². The number of para-hydroxylation sites is 1. The lowest BCUT2D eigenvalue weighted by Gasteiger charge is -2.09. The van der Waals surface area contributed by atoms with Gasteiger partial charge in [0.25, 0.3) is 0 Å². The van der Waals surface area contributed by atoms with Crippen LogP contribution in [0.3, 0.4) is 0 Å². The van der Waals surface area contributed by atoms with Crippen LogP contribution in [-0.2, 0) is 6.61 Å². The number of hydrogen-bond acceptors (Lipinski definition) is 6. The molecular weight excluding hydrogens is 377 g/mol. The Bertz CT molecular complexity index is 844. The van der Waals surface area contributed by atoms with Crippen LogP contribution < -0.4 is 15.8 Å². The topological polar surface area (TPSA) is 86.0 Å². The van der Waals surface area contributed by atoms with E-state index in [2.05, 4.69) is 36.2 Å². The lowest BCUT2D eigenvalue weighted by atomic mass is 10.3. The zero-order valence-corrected chi connectivity index (χ0v) is 14.0. The first kappa shape index (κ1) is 16.1. The van der Waals surface area contributed by atoms with Crippen molar-refractivity contribution >= 4 is 33.5 Å². The van der Waals surface area contributed by atoms with Crippen molar-refractivity contribution in [1.82, 2.24) is 15.0 Å². The van der Waals surface area contributed by atoms with Gasteiger partial charge in [0.15, 0.2) is 5.82 Å². The zero-order chi connectivity index (χ0) is 16.9. The van der Waals surface area contributed by atoms with Gasteiger partial charge in [-0.25, -0.2) is 4.39 Å². The number of ether oxygens (including phenoxy) is 1. The number of benzene rings is 2. The van der Waals surface area contributed by atoms with Crippen molar-refractivity contribution in [3.05, 3.63) is 64.6 Å². The Balaban J connectivity index is 1.74. The number of aromatic nitrogens is 3. The van der Waals surface area contributed by atoms with E-state index in [1.807, 2.05) is 24.3 Å². The van der Waals surface area contributed by atoms with Gasteiger partial charge in [-0.15, -0.1) is 0 Å². The van der Waals surface area contributed by atoms with Crippen molar-refractivity contribution in [3.63, 3.8) is 0 Å². The molecule has 0 fully saturated rings. The Labute approximate surface area is 146 Å². The van der Waals surface area contributed by atoms with Crippen molar-refractivity contribution in [2.24, 2.45) is 0 Å². The maximum Gasteiger partial charge on any atom is 0.232 e. The van der Waals surface area contributed by atoms with E-state index >= 15 is 0 Å². The summed E-state index contributed by atoms with van der Waals surface area (Å²) in [4.78, 5) is 12.3. The van der Waals surface area contributed by atoms with Gasteiger partial charge in [0.05, 0.1) is 4.47 Å². The molecule has 0 radical (unpaired) electrons. The molecule has 0 unspecified atom stereocenters. The molecule has 0 aliphatic carbocycles. The van der Waals surface area contributed by atoms with Gasteiger partial charge < -0.3 is 15.8 Å². The molecule has 3 N–H and O–H groups in total. The van der Waals surface area contributed by atoms with Gasteiger partial charge in [-0.1, -0.05) is 12.1 Å². The third-order valence-corrected chi connectivity index (χ3v) is 3.65. The predicted molar refractivity (Wildman–Crippen MR) is 92.4 cm³/mol. The molecule has 122 valence electrons. The number of hydrogen-bond donors (Lipinski definition) is 2. The molecule has 1 aromatic heterocycles. The Kier molecular flexibility index (Phi) is 4.85. The van der Waals surface area contributed by atoms with Gasteiger partial charge in [-0.05, 0) is 52.3 Å². The highest BCUT2D eigenvalue weighted by Gasteiger charge is 2.07. The molecule has 0 bridgehead atoms. The van der Waals surface area contributed by atoms with Crippen molar-refractivity contribution in [2.45, 2.75) is 6.61 Å². The van der Waals surface area contributed by atoms with E-state index in [9.17, 15) is 4.39 Å². The molecule has 0 saturated carbocycles. The quantitative estimate of drug-likeness (QED) is 0.691. The van der Waals surface area contributed by atoms with Crippen LogP contribution in [0.5, 0.6) is 5.75 Å². The van der Waals surface area contributed by atoms with Crippen molar-refractivity contribution in [3.8, 4) is 5.75 Å². The second kappa shape index (κ2) is 7.22. The van der Waals surface area contributed by atoms with Gasteiger partial charge in [-0.2, -0.15) is 15.0 Å².